The molecule has 5 rings (SSSR count). The third-order valence-corrected chi connectivity index (χ3v) is 8.57. The molecule has 1 atom stereocenters. The highest BCUT2D eigenvalue weighted by atomic mass is 35.5. The molecule has 3 aromatic carbocycles. The zero-order valence-electron chi connectivity index (χ0n) is 25.6. The fourth-order valence-corrected chi connectivity index (χ4v) is 6.28. The van der Waals surface area contributed by atoms with E-state index in [2.05, 4.69) is 29.7 Å². The van der Waals surface area contributed by atoms with E-state index in [4.69, 9.17) is 21.4 Å². The van der Waals surface area contributed by atoms with E-state index in [-0.39, 0.29) is 28.5 Å². The second-order valence-corrected chi connectivity index (χ2v) is 11.7. The van der Waals surface area contributed by atoms with Gasteiger partial charge in [0.2, 0.25) is 6.41 Å². The number of aliphatic hydroxyl groups is 1. The molecule has 2 aliphatic rings. The predicted molar refractivity (Wildman–Crippen MR) is 175 cm³/mol. The number of rotatable bonds is 8. The van der Waals surface area contributed by atoms with Gasteiger partial charge in [-0.25, -0.2) is 4.39 Å². The standard InChI is InChI=1S/C32H32ClFN2O3.C3H7NO2/c1-3-6-21-13-14-32(19-21)15-16-36(28-8-5-4-7-23(28)20-32)31(38)22-9-12-27(29(17-22)39-2)35-30(37)25-18-24(34)10-11-26(25)33;5-2-1-4-3-6/h4-12,17-18H,3,13-16,19-20H2,1-2H3,(H,35,37);3,5H,1-2H2,(H,4,6)/b21-6+;/t32-;/m1./s1. The van der Waals surface area contributed by atoms with Crippen LogP contribution in [0.25, 0.3) is 0 Å². The Morgan fingerprint density at radius 3 is 2.62 bits per heavy atom. The van der Waals surface area contributed by atoms with Crippen molar-refractivity contribution in [1.29, 1.82) is 0 Å². The molecule has 0 radical (unpaired) electrons. The van der Waals surface area contributed by atoms with Crippen molar-refractivity contribution in [2.45, 2.75) is 45.4 Å². The van der Waals surface area contributed by atoms with Crippen molar-refractivity contribution in [2.75, 3.05) is 37.0 Å². The molecule has 0 saturated heterocycles. The first-order chi connectivity index (χ1) is 21.7. The van der Waals surface area contributed by atoms with Crippen LogP contribution in [0.5, 0.6) is 5.75 Å². The Morgan fingerprint density at radius 1 is 1.11 bits per heavy atom. The number of amides is 3. The lowest BCUT2D eigenvalue weighted by atomic mass is 9.77. The molecule has 0 unspecified atom stereocenters. The lowest BCUT2D eigenvalue weighted by Gasteiger charge is -2.27. The number of nitrogens with zero attached hydrogens (tertiary/aromatic N) is 1. The van der Waals surface area contributed by atoms with Crippen LogP contribution in [0.3, 0.4) is 0 Å². The van der Waals surface area contributed by atoms with E-state index >= 15 is 0 Å². The molecule has 0 bridgehead atoms. The second-order valence-electron chi connectivity index (χ2n) is 11.2. The number of anilines is 2. The Balaban J connectivity index is 0.000000700. The third kappa shape index (κ3) is 8.29. The zero-order valence-corrected chi connectivity index (χ0v) is 26.3. The minimum atomic E-state index is -0.573. The minimum absolute atomic E-state index is 0.0119. The van der Waals surface area contributed by atoms with Gasteiger partial charge < -0.3 is 25.4 Å². The summed E-state index contributed by atoms with van der Waals surface area (Å²) in [6, 6.07) is 16.7. The summed E-state index contributed by atoms with van der Waals surface area (Å²) in [7, 11) is 1.47. The van der Waals surface area contributed by atoms with Crippen molar-refractivity contribution in [3.63, 3.8) is 0 Å². The first kappa shape index (κ1) is 33.7. The van der Waals surface area contributed by atoms with Gasteiger partial charge in [-0.2, -0.15) is 0 Å². The van der Waals surface area contributed by atoms with Crippen LogP contribution in [0, 0.1) is 11.2 Å². The highest BCUT2D eigenvalue weighted by Crippen LogP contribution is 2.49. The summed E-state index contributed by atoms with van der Waals surface area (Å²) < 4.78 is 19.2. The quantitative estimate of drug-likeness (QED) is 0.148. The predicted octanol–water partition coefficient (Wildman–Crippen LogP) is 6.56. The van der Waals surface area contributed by atoms with Crippen LogP contribution >= 0.6 is 11.6 Å². The highest BCUT2D eigenvalue weighted by Gasteiger charge is 2.40. The second kappa shape index (κ2) is 15.7. The van der Waals surface area contributed by atoms with Gasteiger partial charge in [0.25, 0.3) is 11.8 Å². The number of carbonyl (C=O) groups is 3. The number of hydrogen-bond acceptors (Lipinski definition) is 5. The maximum absolute atomic E-state index is 13.9. The topological polar surface area (TPSA) is 108 Å². The van der Waals surface area contributed by atoms with Gasteiger partial charge in [0.1, 0.15) is 11.6 Å². The van der Waals surface area contributed by atoms with Crippen molar-refractivity contribution in [3.05, 3.63) is 99.8 Å². The molecule has 3 aromatic rings. The van der Waals surface area contributed by atoms with Gasteiger partial charge in [-0.1, -0.05) is 48.4 Å². The van der Waals surface area contributed by atoms with Crippen molar-refractivity contribution >= 4 is 41.2 Å². The summed E-state index contributed by atoms with van der Waals surface area (Å²) in [5.41, 5.74) is 4.69. The van der Waals surface area contributed by atoms with E-state index < -0.39 is 11.7 Å². The zero-order chi connectivity index (χ0) is 32.4. The lowest BCUT2D eigenvalue weighted by Crippen LogP contribution is -2.33. The Morgan fingerprint density at radius 2 is 1.91 bits per heavy atom. The van der Waals surface area contributed by atoms with E-state index in [1.807, 2.05) is 23.1 Å². The van der Waals surface area contributed by atoms with Crippen LogP contribution in [0.15, 0.2) is 72.3 Å². The van der Waals surface area contributed by atoms with Gasteiger partial charge >= 0.3 is 0 Å². The Kier molecular flexibility index (Phi) is 11.7. The summed E-state index contributed by atoms with van der Waals surface area (Å²) in [5, 5.41) is 13.1. The number of hydrogen-bond donors (Lipinski definition) is 3. The smallest absolute Gasteiger partial charge is 0.258 e. The fourth-order valence-electron chi connectivity index (χ4n) is 6.08. The van der Waals surface area contributed by atoms with Gasteiger partial charge in [0.15, 0.2) is 0 Å². The van der Waals surface area contributed by atoms with Crippen molar-refractivity contribution in [2.24, 2.45) is 5.41 Å². The highest BCUT2D eigenvalue weighted by molar-refractivity contribution is 6.34. The molecule has 10 heteroatoms. The first-order valence-corrected chi connectivity index (χ1v) is 15.4. The molecular formula is C35H39ClFN3O5. The molecule has 1 heterocycles. The molecule has 1 aliphatic carbocycles. The number of para-hydroxylation sites is 1. The van der Waals surface area contributed by atoms with Crippen LogP contribution in [-0.4, -0.2) is 50.1 Å². The summed E-state index contributed by atoms with van der Waals surface area (Å²) in [6.07, 6.45) is 9.25. The number of benzene rings is 3. The number of methoxy groups -OCH3 is 1. The normalized spacial score (nSPS) is 18.0. The average molecular weight is 636 g/mol. The Hall–Kier alpha value is -4.21. The number of halogens is 2. The van der Waals surface area contributed by atoms with E-state index in [0.717, 1.165) is 50.3 Å². The van der Waals surface area contributed by atoms with Gasteiger partial charge in [0, 0.05) is 24.3 Å². The van der Waals surface area contributed by atoms with E-state index in [1.54, 1.807) is 18.2 Å². The summed E-state index contributed by atoms with van der Waals surface area (Å²) in [6.45, 7) is 3.18. The van der Waals surface area contributed by atoms with Crippen LogP contribution in [-0.2, 0) is 11.2 Å². The maximum Gasteiger partial charge on any atom is 0.258 e. The van der Waals surface area contributed by atoms with Crippen LogP contribution in [0.1, 0.15) is 65.3 Å². The van der Waals surface area contributed by atoms with Crippen molar-refractivity contribution < 1.29 is 28.6 Å². The maximum atomic E-state index is 13.9. The largest absolute Gasteiger partial charge is 0.495 e. The monoisotopic (exact) mass is 635 g/mol. The molecular weight excluding hydrogens is 597 g/mol. The Labute approximate surface area is 268 Å². The van der Waals surface area contributed by atoms with Crippen LogP contribution < -0.4 is 20.3 Å². The number of ether oxygens (including phenoxy) is 1. The average Bonchev–Trinajstić information content (AvgIpc) is 3.36. The van der Waals surface area contributed by atoms with E-state index in [1.165, 1.54) is 30.4 Å². The molecule has 238 valence electrons. The summed E-state index contributed by atoms with van der Waals surface area (Å²) in [4.78, 5) is 37.9. The summed E-state index contributed by atoms with van der Waals surface area (Å²) in [5.74, 6) is -0.929. The number of fused-ring (bicyclic) bond motifs is 1. The van der Waals surface area contributed by atoms with E-state index in [9.17, 15) is 18.8 Å². The number of carbonyl (C=O) groups excluding carboxylic acids is 3. The molecule has 1 aliphatic heterocycles. The fraction of sp³-hybridized carbons (Fsp3) is 0.343. The molecule has 1 fully saturated rings. The SMILES string of the molecule is CC/C=C1\CC[C@@]2(CCN(C(=O)c3ccc(NC(=O)c4cc(F)ccc4Cl)c(OC)c3)c3ccccc3C2)C1.O=CNCCO. The third-order valence-electron chi connectivity index (χ3n) is 8.24. The minimum Gasteiger partial charge on any atom is -0.495 e. The van der Waals surface area contributed by atoms with Crippen LogP contribution in [0.2, 0.25) is 5.02 Å². The molecule has 1 spiro atoms. The van der Waals surface area contributed by atoms with E-state index in [0.29, 0.717) is 36.5 Å². The molecule has 1 saturated carbocycles. The summed E-state index contributed by atoms with van der Waals surface area (Å²) >= 11 is 6.09. The molecule has 8 nitrogen and oxygen atoms in total. The Bertz CT molecular complexity index is 1560. The number of nitrogens with one attached hydrogen (secondary N) is 2. The van der Waals surface area contributed by atoms with Gasteiger partial charge in [-0.05, 0) is 92.0 Å². The van der Waals surface area contributed by atoms with Gasteiger partial charge in [0.05, 0.1) is 30.0 Å². The van der Waals surface area contributed by atoms with Crippen molar-refractivity contribution in [3.8, 4) is 5.75 Å². The lowest BCUT2D eigenvalue weighted by molar-refractivity contribution is -0.109. The van der Waals surface area contributed by atoms with Crippen LogP contribution in [0.4, 0.5) is 15.8 Å². The molecule has 0 aromatic heterocycles. The van der Waals surface area contributed by atoms with Gasteiger partial charge in [-0.3, -0.25) is 14.4 Å². The molecule has 45 heavy (non-hydrogen) atoms. The number of aliphatic hydroxyl groups excluding tert-OH is 1. The number of allylic oxidation sites excluding steroid dienone is 2. The van der Waals surface area contributed by atoms with Gasteiger partial charge in [-0.15, -0.1) is 0 Å². The molecule has 3 amide bonds. The molecule has 3 N–H and O–H groups in total. The van der Waals surface area contributed by atoms with Crippen molar-refractivity contribution in [1.82, 2.24) is 5.32 Å². The first-order valence-electron chi connectivity index (χ1n) is 15.0.